The summed E-state index contributed by atoms with van der Waals surface area (Å²) in [5.41, 5.74) is 2.29. The standard InChI is InChI=1S/C20H23ClN2O3/c1-13(11-22-12-19(25)17-4-3-5-18(21)10-17)15-6-8-16(9-7-15)20(26)23-14(2)24/h3-10,13,19,22,25H,11-12H2,1-2H3,(H,23,24,26)/t13?,19-/m0/s1. The summed E-state index contributed by atoms with van der Waals surface area (Å²) >= 11 is 5.94. The summed E-state index contributed by atoms with van der Waals surface area (Å²) in [6.45, 7) is 4.46. The van der Waals surface area contributed by atoms with E-state index in [1.165, 1.54) is 6.92 Å². The SMILES string of the molecule is CC(=O)NC(=O)c1ccc(C(C)CNC[C@H](O)c2cccc(Cl)c2)cc1. The number of nitrogens with one attached hydrogen (secondary N) is 2. The summed E-state index contributed by atoms with van der Waals surface area (Å²) in [6.07, 6.45) is -0.626. The van der Waals surface area contributed by atoms with Gasteiger partial charge in [0.05, 0.1) is 6.10 Å². The quantitative estimate of drug-likeness (QED) is 0.696. The summed E-state index contributed by atoms with van der Waals surface area (Å²) in [6, 6.07) is 14.3. The highest BCUT2D eigenvalue weighted by Crippen LogP contribution is 2.18. The third-order valence-corrected chi connectivity index (χ3v) is 4.29. The topological polar surface area (TPSA) is 78.4 Å². The molecule has 2 aromatic rings. The highest BCUT2D eigenvalue weighted by atomic mass is 35.5. The fourth-order valence-corrected chi connectivity index (χ4v) is 2.78. The van der Waals surface area contributed by atoms with Gasteiger partial charge < -0.3 is 10.4 Å². The van der Waals surface area contributed by atoms with Gasteiger partial charge in [0.15, 0.2) is 0 Å². The van der Waals surface area contributed by atoms with Gasteiger partial charge in [-0.2, -0.15) is 0 Å². The number of hydrogen-bond donors (Lipinski definition) is 3. The van der Waals surface area contributed by atoms with Gasteiger partial charge in [-0.3, -0.25) is 14.9 Å². The zero-order valence-corrected chi connectivity index (χ0v) is 15.6. The number of rotatable bonds is 7. The van der Waals surface area contributed by atoms with E-state index in [0.29, 0.717) is 23.7 Å². The molecule has 0 saturated heterocycles. The maximum absolute atomic E-state index is 11.8. The van der Waals surface area contributed by atoms with Crippen LogP contribution in [0, 0.1) is 0 Å². The Morgan fingerprint density at radius 3 is 2.38 bits per heavy atom. The zero-order valence-electron chi connectivity index (χ0n) is 14.8. The van der Waals surface area contributed by atoms with Crippen LogP contribution in [0.25, 0.3) is 0 Å². The van der Waals surface area contributed by atoms with Crippen molar-refractivity contribution < 1.29 is 14.7 Å². The van der Waals surface area contributed by atoms with Crippen LogP contribution in [0.3, 0.4) is 0 Å². The molecular formula is C20H23ClN2O3. The Morgan fingerprint density at radius 1 is 1.08 bits per heavy atom. The van der Waals surface area contributed by atoms with Crippen molar-refractivity contribution >= 4 is 23.4 Å². The number of halogens is 1. The van der Waals surface area contributed by atoms with Gasteiger partial charge in [0.25, 0.3) is 5.91 Å². The van der Waals surface area contributed by atoms with Crippen molar-refractivity contribution in [3.63, 3.8) is 0 Å². The molecule has 2 rings (SSSR count). The molecule has 6 heteroatoms. The Kier molecular flexibility index (Phi) is 7.33. The van der Waals surface area contributed by atoms with E-state index in [0.717, 1.165) is 11.1 Å². The maximum Gasteiger partial charge on any atom is 0.257 e. The Balaban J connectivity index is 1.85. The van der Waals surface area contributed by atoms with E-state index in [1.807, 2.05) is 24.3 Å². The molecule has 0 radical (unpaired) electrons. The summed E-state index contributed by atoms with van der Waals surface area (Å²) < 4.78 is 0. The lowest BCUT2D eigenvalue weighted by Crippen LogP contribution is -2.28. The van der Waals surface area contributed by atoms with E-state index in [9.17, 15) is 14.7 Å². The molecule has 0 aliphatic heterocycles. The van der Waals surface area contributed by atoms with Gasteiger partial charge in [-0.25, -0.2) is 0 Å². The molecule has 0 heterocycles. The van der Waals surface area contributed by atoms with Gasteiger partial charge >= 0.3 is 0 Å². The fourth-order valence-electron chi connectivity index (χ4n) is 2.58. The van der Waals surface area contributed by atoms with Crippen molar-refractivity contribution in [2.75, 3.05) is 13.1 Å². The summed E-state index contributed by atoms with van der Waals surface area (Å²) in [7, 11) is 0. The summed E-state index contributed by atoms with van der Waals surface area (Å²) in [4.78, 5) is 22.7. The van der Waals surface area contributed by atoms with Crippen LogP contribution in [0.15, 0.2) is 48.5 Å². The highest BCUT2D eigenvalue weighted by Gasteiger charge is 2.11. The molecule has 26 heavy (non-hydrogen) atoms. The van der Waals surface area contributed by atoms with Crippen molar-refractivity contribution in [2.45, 2.75) is 25.9 Å². The van der Waals surface area contributed by atoms with Gasteiger partial charge in [-0.1, -0.05) is 42.8 Å². The average molecular weight is 375 g/mol. The summed E-state index contributed by atoms with van der Waals surface area (Å²) in [5.74, 6) is -0.583. The lowest BCUT2D eigenvalue weighted by Gasteiger charge is -2.16. The predicted octanol–water partition coefficient (Wildman–Crippen LogP) is 3.04. The van der Waals surface area contributed by atoms with Crippen molar-refractivity contribution in [3.8, 4) is 0 Å². The Labute approximate surface area is 158 Å². The van der Waals surface area contributed by atoms with Gasteiger partial charge in [0.1, 0.15) is 0 Å². The van der Waals surface area contributed by atoms with Crippen molar-refractivity contribution in [1.82, 2.24) is 10.6 Å². The Bertz CT molecular complexity index is 762. The van der Waals surface area contributed by atoms with Crippen LogP contribution in [0.4, 0.5) is 0 Å². The second kappa shape index (κ2) is 9.48. The van der Waals surface area contributed by atoms with Gasteiger partial charge in [-0.05, 0) is 41.3 Å². The molecule has 0 fully saturated rings. The van der Waals surface area contributed by atoms with Gasteiger partial charge in [0, 0.05) is 30.6 Å². The van der Waals surface area contributed by atoms with Crippen LogP contribution in [0.2, 0.25) is 5.02 Å². The molecule has 0 aliphatic rings. The number of aliphatic hydroxyl groups is 1. The molecule has 3 N–H and O–H groups in total. The molecule has 2 atom stereocenters. The number of carbonyl (C=O) groups excluding carboxylic acids is 2. The van der Waals surface area contributed by atoms with Crippen LogP contribution in [-0.4, -0.2) is 30.0 Å². The molecule has 0 aromatic heterocycles. The normalized spacial score (nSPS) is 13.1. The van der Waals surface area contributed by atoms with Crippen LogP contribution in [0.5, 0.6) is 0 Å². The fraction of sp³-hybridized carbons (Fsp3) is 0.300. The number of imide groups is 1. The molecule has 0 bridgehead atoms. The first kappa shape index (κ1) is 20.1. The first-order chi connectivity index (χ1) is 12.4. The number of hydrogen-bond acceptors (Lipinski definition) is 4. The molecule has 5 nitrogen and oxygen atoms in total. The van der Waals surface area contributed by atoms with E-state index in [1.54, 1.807) is 24.3 Å². The second-order valence-electron chi connectivity index (χ2n) is 6.26. The van der Waals surface area contributed by atoms with Crippen LogP contribution < -0.4 is 10.6 Å². The lowest BCUT2D eigenvalue weighted by molar-refractivity contribution is -0.118. The monoisotopic (exact) mass is 374 g/mol. The van der Waals surface area contributed by atoms with Crippen LogP contribution in [0.1, 0.15) is 47.4 Å². The lowest BCUT2D eigenvalue weighted by atomic mass is 9.99. The first-order valence-corrected chi connectivity index (χ1v) is 8.80. The number of benzene rings is 2. The largest absolute Gasteiger partial charge is 0.387 e. The number of carbonyl (C=O) groups is 2. The molecule has 2 amide bonds. The van der Waals surface area contributed by atoms with Gasteiger partial charge in [-0.15, -0.1) is 0 Å². The molecule has 0 aliphatic carbocycles. The van der Waals surface area contributed by atoms with Crippen molar-refractivity contribution in [1.29, 1.82) is 0 Å². The van der Waals surface area contributed by atoms with E-state index in [4.69, 9.17) is 11.6 Å². The third-order valence-electron chi connectivity index (χ3n) is 4.05. The second-order valence-corrected chi connectivity index (χ2v) is 6.70. The van der Waals surface area contributed by atoms with E-state index in [2.05, 4.69) is 17.6 Å². The minimum Gasteiger partial charge on any atom is -0.387 e. The number of aliphatic hydroxyl groups excluding tert-OH is 1. The van der Waals surface area contributed by atoms with Crippen LogP contribution >= 0.6 is 11.6 Å². The molecule has 0 saturated carbocycles. The molecule has 2 aromatic carbocycles. The minimum absolute atomic E-state index is 0.200. The molecule has 0 spiro atoms. The molecular weight excluding hydrogens is 352 g/mol. The molecule has 1 unspecified atom stereocenters. The van der Waals surface area contributed by atoms with Crippen LogP contribution in [-0.2, 0) is 4.79 Å². The molecule has 138 valence electrons. The van der Waals surface area contributed by atoms with E-state index >= 15 is 0 Å². The van der Waals surface area contributed by atoms with Gasteiger partial charge in [0.2, 0.25) is 5.91 Å². The first-order valence-electron chi connectivity index (χ1n) is 8.43. The minimum atomic E-state index is -0.626. The number of amides is 2. The maximum atomic E-state index is 11.8. The predicted molar refractivity (Wildman–Crippen MR) is 102 cm³/mol. The van der Waals surface area contributed by atoms with E-state index < -0.39 is 12.0 Å². The summed E-state index contributed by atoms with van der Waals surface area (Å²) in [5, 5.41) is 16.3. The average Bonchev–Trinajstić information content (AvgIpc) is 2.61. The Hall–Kier alpha value is -2.21. The van der Waals surface area contributed by atoms with Crippen molar-refractivity contribution in [2.24, 2.45) is 0 Å². The van der Waals surface area contributed by atoms with Crippen molar-refractivity contribution in [3.05, 3.63) is 70.2 Å². The third kappa shape index (κ3) is 5.95. The van der Waals surface area contributed by atoms with E-state index in [-0.39, 0.29) is 11.8 Å². The Morgan fingerprint density at radius 2 is 1.77 bits per heavy atom. The smallest absolute Gasteiger partial charge is 0.257 e. The zero-order chi connectivity index (χ0) is 19.1. The highest BCUT2D eigenvalue weighted by molar-refractivity contribution is 6.30.